The quantitative estimate of drug-likeness (QED) is 0.802. The fraction of sp³-hybridized carbons (Fsp3) is 0.727. The highest BCUT2D eigenvalue weighted by molar-refractivity contribution is 7.15. The van der Waals surface area contributed by atoms with Gasteiger partial charge >= 0.3 is 0 Å². The molecule has 0 saturated heterocycles. The Bertz CT molecular complexity index is 318. The third-order valence-corrected chi connectivity index (χ3v) is 4.37. The lowest BCUT2D eigenvalue weighted by Gasteiger charge is -2.25. The number of nitrogens with one attached hydrogen (secondary N) is 1. The zero-order chi connectivity index (χ0) is 10.8. The lowest BCUT2D eigenvalue weighted by molar-refractivity contribution is 0.468. The minimum absolute atomic E-state index is 0.346. The van der Waals surface area contributed by atoms with Gasteiger partial charge in [-0.2, -0.15) is 0 Å². The van der Waals surface area contributed by atoms with E-state index >= 15 is 0 Å². The topological polar surface area (TPSA) is 24.9 Å². The Morgan fingerprint density at radius 2 is 2.20 bits per heavy atom. The molecule has 2 atom stereocenters. The summed E-state index contributed by atoms with van der Waals surface area (Å²) in [6.45, 7) is 4.17. The molecule has 15 heavy (non-hydrogen) atoms. The summed E-state index contributed by atoms with van der Waals surface area (Å²) in [6, 6.07) is 0.520. The number of thiazole rings is 1. The van der Waals surface area contributed by atoms with E-state index in [0.29, 0.717) is 11.4 Å². The van der Waals surface area contributed by atoms with Gasteiger partial charge in [-0.25, -0.2) is 4.98 Å². The Balaban J connectivity index is 1.96. The minimum Gasteiger partial charge on any atom is -0.359 e. The molecular weight excluding hydrogens is 228 g/mol. The highest BCUT2D eigenvalue weighted by Crippen LogP contribution is 2.28. The first kappa shape index (κ1) is 11.2. The molecule has 1 saturated carbocycles. The molecule has 0 aromatic carbocycles. The molecule has 0 spiro atoms. The summed E-state index contributed by atoms with van der Waals surface area (Å²) in [5.74, 6) is 0. The largest absolute Gasteiger partial charge is 0.359 e. The number of hydrogen-bond donors (Lipinski definition) is 1. The van der Waals surface area contributed by atoms with Gasteiger partial charge in [-0.15, -0.1) is 22.9 Å². The van der Waals surface area contributed by atoms with Crippen LogP contribution < -0.4 is 5.32 Å². The van der Waals surface area contributed by atoms with Crippen LogP contribution in [-0.4, -0.2) is 16.4 Å². The number of anilines is 1. The summed E-state index contributed by atoms with van der Waals surface area (Å²) < 4.78 is 0. The van der Waals surface area contributed by atoms with Crippen molar-refractivity contribution >= 4 is 28.1 Å². The molecule has 0 amide bonds. The Morgan fingerprint density at radius 1 is 1.40 bits per heavy atom. The Morgan fingerprint density at radius 3 is 2.80 bits per heavy atom. The normalized spacial score (nSPS) is 26.6. The first-order chi connectivity index (χ1) is 7.15. The van der Waals surface area contributed by atoms with E-state index in [0.717, 1.165) is 23.7 Å². The van der Waals surface area contributed by atoms with Crippen LogP contribution in [0.4, 0.5) is 5.13 Å². The smallest absolute Gasteiger partial charge is 0.183 e. The van der Waals surface area contributed by atoms with Crippen molar-refractivity contribution in [3.8, 4) is 0 Å². The van der Waals surface area contributed by atoms with Crippen LogP contribution in [0, 0.1) is 13.8 Å². The first-order valence-electron chi connectivity index (χ1n) is 5.50. The number of nitrogens with zero attached hydrogens (tertiary/aromatic N) is 1. The van der Waals surface area contributed by atoms with Crippen molar-refractivity contribution < 1.29 is 0 Å². The average Bonchev–Trinajstić information content (AvgIpc) is 2.45. The maximum absolute atomic E-state index is 6.16. The molecule has 1 fully saturated rings. The van der Waals surface area contributed by atoms with Gasteiger partial charge in [0.05, 0.1) is 5.69 Å². The molecule has 1 N–H and O–H groups in total. The van der Waals surface area contributed by atoms with E-state index < -0.39 is 0 Å². The monoisotopic (exact) mass is 244 g/mol. The average molecular weight is 245 g/mol. The third-order valence-electron chi connectivity index (χ3n) is 2.97. The van der Waals surface area contributed by atoms with Crippen molar-refractivity contribution in [2.45, 2.75) is 50.9 Å². The predicted molar refractivity (Wildman–Crippen MR) is 67.1 cm³/mol. The second-order valence-corrected chi connectivity index (χ2v) is 6.09. The number of rotatable bonds is 2. The second kappa shape index (κ2) is 4.71. The second-order valence-electron chi connectivity index (χ2n) is 4.27. The van der Waals surface area contributed by atoms with E-state index in [4.69, 9.17) is 11.6 Å². The summed E-state index contributed by atoms with van der Waals surface area (Å²) in [5.41, 5.74) is 1.14. The molecule has 1 aliphatic carbocycles. The van der Waals surface area contributed by atoms with Crippen LogP contribution in [0.1, 0.15) is 36.3 Å². The lowest BCUT2D eigenvalue weighted by Crippen LogP contribution is -2.27. The van der Waals surface area contributed by atoms with Crippen molar-refractivity contribution in [2.24, 2.45) is 0 Å². The van der Waals surface area contributed by atoms with E-state index in [-0.39, 0.29) is 0 Å². The lowest BCUT2D eigenvalue weighted by atomic mass is 9.95. The zero-order valence-electron chi connectivity index (χ0n) is 9.22. The molecule has 0 bridgehead atoms. The van der Waals surface area contributed by atoms with Crippen molar-refractivity contribution in [2.75, 3.05) is 5.32 Å². The number of alkyl halides is 1. The van der Waals surface area contributed by atoms with E-state index in [9.17, 15) is 0 Å². The maximum Gasteiger partial charge on any atom is 0.183 e. The molecule has 1 aliphatic rings. The van der Waals surface area contributed by atoms with E-state index in [1.165, 1.54) is 17.7 Å². The van der Waals surface area contributed by atoms with Gasteiger partial charge < -0.3 is 5.32 Å². The summed E-state index contributed by atoms with van der Waals surface area (Å²) in [5, 5.41) is 4.90. The van der Waals surface area contributed by atoms with Crippen LogP contribution in [0.3, 0.4) is 0 Å². The summed E-state index contributed by atoms with van der Waals surface area (Å²) in [4.78, 5) is 5.80. The SMILES string of the molecule is Cc1nc(NC2CCCC(Cl)C2)sc1C. The van der Waals surface area contributed by atoms with Gasteiger partial charge in [-0.05, 0) is 39.5 Å². The van der Waals surface area contributed by atoms with Gasteiger partial charge in [0.1, 0.15) is 0 Å². The van der Waals surface area contributed by atoms with Gasteiger partial charge in [0.2, 0.25) is 0 Å². The fourth-order valence-electron chi connectivity index (χ4n) is 1.97. The number of hydrogen-bond acceptors (Lipinski definition) is 3. The highest BCUT2D eigenvalue weighted by atomic mass is 35.5. The molecule has 2 nitrogen and oxygen atoms in total. The minimum atomic E-state index is 0.346. The van der Waals surface area contributed by atoms with Crippen molar-refractivity contribution in [3.63, 3.8) is 0 Å². The van der Waals surface area contributed by atoms with Crippen LogP contribution in [0.5, 0.6) is 0 Å². The predicted octanol–water partition coefficient (Wildman–Crippen LogP) is 3.72. The number of halogens is 1. The van der Waals surface area contributed by atoms with Gasteiger partial charge in [0.15, 0.2) is 5.13 Å². The molecule has 1 aromatic heterocycles. The third kappa shape index (κ3) is 2.85. The molecule has 0 radical (unpaired) electrons. The van der Waals surface area contributed by atoms with Crippen molar-refractivity contribution in [3.05, 3.63) is 10.6 Å². The molecule has 0 aliphatic heterocycles. The summed E-state index contributed by atoms with van der Waals surface area (Å²) >= 11 is 7.90. The Hall–Kier alpha value is -0.280. The van der Waals surface area contributed by atoms with Gasteiger partial charge in [-0.3, -0.25) is 0 Å². The van der Waals surface area contributed by atoms with E-state index in [1.807, 2.05) is 0 Å². The molecule has 1 heterocycles. The van der Waals surface area contributed by atoms with E-state index in [2.05, 4.69) is 24.1 Å². The van der Waals surface area contributed by atoms with Gasteiger partial charge in [0.25, 0.3) is 0 Å². The van der Waals surface area contributed by atoms with Crippen LogP contribution in [-0.2, 0) is 0 Å². The fourth-order valence-corrected chi connectivity index (χ4v) is 3.23. The summed E-state index contributed by atoms with van der Waals surface area (Å²) in [6.07, 6.45) is 4.69. The van der Waals surface area contributed by atoms with Crippen LogP contribution >= 0.6 is 22.9 Å². The first-order valence-corrected chi connectivity index (χ1v) is 6.75. The molecule has 2 rings (SSSR count). The van der Waals surface area contributed by atoms with Gasteiger partial charge in [-0.1, -0.05) is 0 Å². The van der Waals surface area contributed by atoms with Crippen molar-refractivity contribution in [1.29, 1.82) is 0 Å². The Labute approximate surface area is 100 Å². The number of aromatic nitrogens is 1. The number of aryl methyl sites for hydroxylation is 2. The van der Waals surface area contributed by atoms with Crippen LogP contribution in [0.2, 0.25) is 0 Å². The van der Waals surface area contributed by atoms with E-state index in [1.54, 1.807) is 11.3 Å². The van der Waals surface area contributed by atoms with Crippen molar-refractivity contribution in [1.82, 2.24) is 4.98 Å². The highest BCUT2D eigenvalue weighted by Gasteiger charge is 2.20. The molecule has 2 unspecified atom stereocenters. The van der Waals surface area contributed by atoms with Gasteiger partial charge in [0, 0.05) is 16.3 Å². The molecule has 84 valence electrons. The Kier molecular flexibility index (Phi) is 3.52. The zero-order valence-corrected chi connectivity index (χ0v) is 10.8. The molecule has 1 aromatic rings. The maximum atomic E-state index is 6.16. The standard InChI is InChI=1S/C11H17ClN2S/c1-7-8(2)15-11(13-7)14-10-5-3-4-9(12)6-10/h9-10H,3-6H2,1-2H3,(H,13,14). The van der Waals surface area contributed by atoms with Crippen LogP contribution in [0.25, 0.3) is 0 Å². The van der Waals surface area contributed by atoms with Crippen LogP contribution in [0.15, 0.2) is 0 Å². The summed E-state index contributed by atoms with van der Waals surface area (Å²) in [7, 11) is 0. The molecule has 4 heteroatoms. The molecular formula is C11H17ClN2S.